The van der Waals surface area contributed by atoms with E-state index in [0.29, 0.717) is 5.92 Å². The second kappa shape index (κ2) is 7.31. The van der Waals surface area contributed by atoms with E-state index in [4.69, 9.17) is 16.6 Å². The van der Waals surface area contributed by atoms with Crippen molar-refractivity contribution in [2.45, 2.75) is 51.5 Å². The van der Waals surface area contributed by atoms with E-state index >= 15 is 0 Å². The van der Waals surface area contributed by atoms with Crippen molar-refractivity contribution in [3.05, 3.63) is 87.9 Å². The van der Waals surface area contributed by atoms with E-state index in [9.17, 15) is 0 Å². The number of nitrogens with one attached hydrogen (secondary N) is 1. The monoisotopic (exact) mass is 416 g/mol. The Morgan fingerprint density at radius 2 is 1.97 bits per heavy atom. The highest BCUT2D eigenvalue weighted by molar-refractivity contribution is 6.32. The van der Waals surface area contributed by atoms with Crippen LogP contribution in [-0.4, -0.2) is 21.4 Å². The third-order valence-electron chi connectivity index (χ3n) is 6.81. The molecule has 2 atom stereocenters. The fourth-order valence-electron chi connectivity index (χ4n) is 4.94. The van der Waals surface area contributed by atoms with E-state index in [-0.39, 0.29) is 5.54 Å². The predicted octanol–water partition coefficient (Wildman–Crippen LogP) is 6.66. The molecule has 2 aliphatic rings. The van der Waals surface area contributed by atoms with E-state index in [1.54, 1.807) is 0 Å². The molecule has 3 nitrogen and oxygen atoms in total. The molecule has 0 saturated carbocycles. The average molecular weight is 417 g/mol. The van der Waals surface area contributed by atoms with Crippen LogP contribution in [0.15, 0.2) is 59.8 Å². The Labute approximate surface area is 183 Å². The van der Waals surface area contributed by atoms with Crippen LogP contribution >= 0.6 is 11.6 Å². The first-order valence-corrected chi connectivity index (χ1v) is 11.1. The third kappa shape index (κ3) is 3.07. The Balaban J connectivity index is 1.56. The van der Waals surface area contributed by atoms with Gasteiger partial charge in [-0.25, -0.2) is 4.98 Å². The van der Waals surface area contributed by atoms with Gasteiger partial charge >= 0.3 is 0 Å². The Bertz CT molecular complexity index is 1160. The van der Waals surface area contributed by atoms with Gasteiger partial charge in [0.05, 0.1) is 16.6 Å². The van der Waals surface area contributed by atoms with Gasteiger partial charge in [0.1, 0.15) is 5.82 Å². The molecule has 1 N–H and O–H groups in total. The predicted molar refractivity (Wildman–Crippen MR) is 123 cm³/mol. The molecule has 5 rings (SSSR count). The number of rotatable bonds is 3. The molecule has 30 heavy (non-hydrogen) atoms. The molecule has 1 aliphatic carbocycles. The molecule has 1 aliphatic heterocycles. The normalized spacial score (nSPS) is 24.3. The van der Waals surface area contributed by atoms with E-state index < -0.39 is 0 Å². The fourth-order valence-corrected chi connectivity index (χ4v) is 5.09. The molecule has 153 valence electrons. The Kier molecular flexibility index (Phi) is 4.74. The van der Waals surface area contributed by atoms with E-state index in [1.807, 2.05) is 19.1 Å². The summed E-state index contributed by atoms with van der Waals surface area (Å²) in [6.45, 7) is 7.58. The number of aryl methyl sites for hydroxylation is 1. The number of aromatic nitrogens is 2. The van der Waals surface area contributed by atoms with Gasteiger partial charge in [-0.1, -0.05) is 48.0 Å². The van der Waals surface area contributed by atoms with Gasteiger partial charge in [0.25, 0.3) is 0 Å². The van der Waals surface area contributed by atoms with Crippen molar-refractivity contribution in [3.8, 4) is 0 Å². The van der Waals surface area contributed by atoms with Crippen LogP contribution < -0.4 is 0 Å². The summed E-state index contributed by atoms with van der Waals surface area (Å²) in [5, 5.41) is 0.766. The van der Waals surface area contributed by atoms with E-state index in [2.05, 4.69) is 66.2 Å². The molecule has 0 bridgehead atoms. The van der Waals surface area contributed by atoms with Crippen LogP contribution in [0.1, 0.15) is 56.0 Å². The van der Waals surface area contributed by atoms with Gasteiger partial charge in [-0.05, 0) is 74.9 Å². The van der Waals surface area contributed by atoms with Crippen LogP contribution in [0.4, 0.5) is 0 Å². The van der Waals surface area contributed by atoms with Crippen molar-refractivity contribution in [3.63, 3.8) is 0 Å². The second-order valence-electron chi connectivity index (χ2n) is 8.76. The Morgan fingerprint density at radius 1 is 1.17 bits per heavy atom. The summed E-state index contributed by atoms with van der Waals surface area (Å²) in [7, 11) is 0. The van der Waals surface area contributed by atoms with Crippen LogP contribution in [0, 0.1) is 13.0 Å². The lowest BCUT2D eigenvalue weighted by atomic mass is 9.87. The van der Waals surface area contributed by atoms with Gasteiger partial charge in [0, 0.05) is 23.2 Å². The number of fused-ring (bicyclic) bond motifs is 1. The maximum absolute atomic E-state index is 6.35. The molecule has 1 aromatic heterocycles. The molecule has 0 amide bonds. The first-order chi connectivity index (χ1) is 14.5. The van der Waals surface area contributed by atoms with Crippen molar-refractivity contribution < 1.29 is 0 Å². The number of hydrogen-bond acceptors (Lipinski definition) is 2. The van der Waals surface area contributed by atoms with Gasteiger partial charge in [-0.15, -0.1) is 0 Å². The number of likely N-dealkylation sites (tertiary alicyclic amines) is 1. The molecule has 0 spiro atoms. The van der Waals surface area contributed by atoms with Crippen LogP contribution in [0.5, 0.6) is 0 Å². The smallest absolute Gasteiger partial charge is 0.132 e. The van der Waals surface area contributed by atoms with Gasteiger partial charge < -0.3 is 9.88 Å². The number of H-pyrrole nitrogens is 1. The summed E-state index contributed by atoms with van der Waals surface area (Å²) in [5.74, 6) is 1.32. The summed E-state index contributed by atoms with van der Waals surface area (Å²) in [4.78, 5) is 11.1. The first kappa shape index (κ1) is 19.4. The van der Waals surface area contributed by atoms with Crippen LogP contribution in [0.2, 0.25) is 5.02 Å². The molecule has 1 saturated heterocycles. The topological polar surface area (TPSA) is 31.9 Å². The summed E-state index contributed by atoms with van der Waals surface area (Å²) >= 11 is 6.35. The summed E-state index contributed by atoms with van der Waals surface area (Å²) in [6.07, 6.45) is 9.43. The summed E-state index contributed by atoms with van der Waals surface area (Å²) in [5.41, 5.74) is 6.74. The van der Waals surface area contributed by atoms with Gasteiger partial charge in [-0.3, -0.25) is 0 Å². The first-order valence-electron chi connectivity index (χ1n) is 10.8. The lowest BCUT2D eigenvalue weighted by Crippen LogP contribution is -2.40. The fraction of sp³-hybridized carbons (Fsp3) is 0.346. The highest BCUT2D eigenvalue weighted by atomic mass is 35.5. The summed E-state index contributed by atoms with van der Waals surface area (Å²) in [6, 6.07) is 14.7. The summed E-state index contributed by atoms with van der Waals surface area (Å²) < 4.78 is 0. The van der Waals surface area contributed by atoms with Crippen molar-refractivity contribution in [2.24, 2.45) is 0 Å². The lowest BCUT2D eigenvalue weighted by molar-refractivity contribution is 0.197. The van der Waals surface area contributed by atoms with E-state index in [0.717, 1.165) is 53.3 Å². The van der Waals surface area contributed by atoms with Gasteiger partial charge in [0.15, 0.2) is 0 Å². The number of imidazole rings is 1. The number of allylic oxidation sites excluding steroid dienone is 3. The zero-order valence-electron chi connectivity index (χ0n) is 17.8. The third-order valence-corrected chi connectivity index (χ3v) is 7.22. The minimum absolute atomic E-state index is 0.187. The van der Waals surface area contributed by atoms with E-state index in [1.165, 1.54) is 16.8 Å². The number of aromatic amines is 1. The lowest BCUT2D eigenvalue weighted by Gasteiger charge is -2.39. The maximum atomic E-state index is 6.35. The number of halogens is 1. The molecule has 1 unspecified atom stereocenters. The maximum Gasteiger partial charge on any atom is 0.132 e. The number of nitrogens with zero attached hydrogens (tertiary/aromatic N) is 2. The average Bonchev–Trinajstić information content (AvgIpc) is 3.37. The standard InChI is InChI=1S/C26H27ClN3/c1-17-10-11-20(19-8-5-4-6-9-19)16-23(17)30-15-7-14-26(30,3)25-28-22-13-12-21(27)18(2)24(22)29-25/h4-6,8-10,12-13,20H,7,11,14-15H2,1-3H3,(H,28,29)/t20?,26-/m0/s1. The largest absolute Gasteiger partial charge is 0.358 e. The second-order valence-corrected chi connectivity index (χ2v) is 9.17. The van der Waals surface area contributed by atoms with Crippen LogP contribution in [-0.2, 0) is 5.54 Å². The van der Waals surface area contributed by atoms with Crippen LogP contribution in [0.3, 0.4) is 0 Å². The molecular weight excluding hydrogens is 390 g/mol. The SMILES string of the molecule is CC1=CCC(c2ccccc2)[C]=C1N1CCC[C@@]1(C)c1nc2c(C)c(Cl)ccc2[nH]1. The minimum Gasteiger partial charge on any atom is -0.358 e. The highest BCUT2D eigenvalue weighted by Crippen LogP contribution is 2.44. The molecule has 4 heteroatoms. The Morgan fingerprint density at radius 3 is 2.77 bits per heavy atom. The number of benzene rings is 2. The molecule has 1 fully saturated rings. The molecule has 2 heterocycles. The van der Waals surface area contributed by atoms with Gasteiger partial charge in [-0.2, -0.15) is 0 Å². The van der Waals surface area contributed by atoms with Crippen molar-refractivity contribution >= 4 is 22.6 Å². The van der Waals surface area contributed by atoms with Crippen molar-refractivity contribution in [2.75, 3.05) is 6.54 Å². The molecule has 1 radical (unpaired) electrons. The van der Waals surface area contributed by atoms with Crippen LogP contribution in [0.25, 0.3) is 11.0 Å². The van der Waals surface area contributed by atoms with Crippen molar-refractivity contribution in [1.29, 1.82) is 0 Å². The van der Waals surface area contributed by atoms with Crippen molar-refractivity contribution in [1.82, 2.24) is 14.9 Å². The highest BCUT2D eigenvalue weighted by Gasteiger charge is 2.42. The Hall–Kier alpha value is -2.52. The number of hydrogen-bond donors (Lipinski definition) is 1. The molecule has 3 aromatic rings. The van der Waals surface area contributed by atoms with Gasteiger partial charge in [0.2, 0.25) is 0 Å². The quantitative estimate of drug-likeness (QED) is 0.517. The molecular formula is C26H27ClN3. The zero-order valence-corrected chi connectivity index (χ0v) is 18.6. The molecule has 2 aromatic carbocycles. The zero-order chi connectivity index (χ0) is 20.9. The minimum atomic E-state index is -0.187.